The van der Waals surface area contributed by atoms with Crippen molar-refractivity contribution >= 4 is 40.1 Å². The van der Waals surface area contributed by atoms with Crippen molar-refractivity contribution in [1.29, 1.82) is 0 Å². The van der Waals surface area contributed by atoms with Crippen molar-refractivity contribution in [3.05, 3.63) is 63.5 Å². The maximum Gasteiger partial charge on any atom is 0.434 e. The van der Waals surface area contributed by atoms with Crippen LogP contribution in [0.4, 0.5) is 23.8 Å². The molecular weight excluding hydrogens is 603 g/mol. The lowest BCUT2D eigenvalue weighted by Gasteiger charge is -2.32. The first kappa shape index (κ1) is 31.1. The fraction of sp³-hybridized carbons (Fsp3) is 0.345. The Balaban J connectivity index is 1.69. The Bertz CT molecular complexity index is 1770. The zero-order valence-electron chi connectivity index (χ0n) is 23.3. The lowest BCUT2D eigenvalue weighted by atomic mass is 9.91. The number of carbonyl (C=O) groups excluding carboxylic acids is 1. The van der Waals surface area contributed by atoms with Crippen molar-refractivity contribution in [1.82, 2.24) is 19.9 Å². The largest absolute Gasteiger partial charge is 0.477 e. The van der Waals surface area contributed by atoms with E-state index in [0.717, 1.165) is 16.7 Å². The number of hydrogen-bond donors (Lipinski definition) is 4. The molecule has 1 fully saturated rings. The van der Waals surface area contributed by atoms with Crippen LogP contribution in [0.1, 0.15) is 41.9 Å². The molecule has 11 nitrogen and oxygen atoms in total. The molecule has 0 radical (unpaired) electrons. The second-order valence-corrected chi connectivity index (χ2v) is 11.0. The van der Waals surface area contributed by atoms with Gasteiger partial charge in [-0.15, -0.1) is 11.3 Å². The molecule has 232 valence electrons. The number of carbonyl (C=O) groups is 2. The molecule has 44 heavy (non-hydrogen) atoms. The average molecular weight is 632 g/mol. The number of pyridine rings is 2. The van der Waals surface area contributed by atoms with Crippen LogP contribution in [0, 0.1) is 5.92 Å². The van der Waals surface area contributed by atoms with Crippen LogP contribution in [0.25, 0.3) is 32.6 Å². The fourth-order valence-electron chi connectivity index (χ4n) is 5.29. The number of aliphatic hydroxyl groups is 1. The minimum atomic E-state index is -4.68. The van der Waals surface area contributed by atoms with Gasteiger partial charge in [-0.3, -0.25) is 10.1 Å². The Labute approximate surface area is 252 Å². The summed E-state index contributed by atoms with van der Waals surface area (Å²) in [5.41, 5.74) is -1.10. The molecular formula is C29H28F3N5O6S. The third kappa shape index (κ3) is 6.30. The molecule has 1 aromatic carbocycles. The Kier molecular flexibility index (Phi) is 8.99. The number of hydrogen-bond acceptors (Lipinski definition) is 8. The molecule has 4 aromatic rings. The monoisotopic (exact) mass is 631 g/mol. The molecule has 4 N–H and O–H groups in total. The number of halogens is 3. The number of alkyl halides is 3. The van der Waals surface area contributed by atoms with Gasteiger partial charge in [-0.2, -0.15) is 13.2 Å². The smallest absolute Gasteiger partial charge is 0.434 e. The van der Waals surface area contributed by atoms with Crippen LogP contribution >= 0.6 is 11.3 Å². The molecule has 0 spiro atoms. The van der Waals surface area contributed by atoms with Crippen molar-refractivity contribution in [2.45, 2.75) is 32.0 Å². The van der Waals surface area contributed by atoms with E-state index in [1.165, 1.54) is 24.5 Å². The second-order valence-electron chi connectivity index (χ2n) is 10.2. The molecule has 0 bridgehead atoms. The van der Waals surface area contributed by atoms with Crippen molar-refractivity contribution < 1.29 is 37.7 Å². The van der Waals surface area contributed by atoms with Gasteiger partial charge < -0.3 is 24.8 Å². The predicted octanol–water partition coefficient (Wildman–Crippen LogP) is 5.01. The summed E-state index contributed by atoms with van der Waals surface area (Å²) in [5, 5.41) is 26.2. The van der Waals surface area contributed by atoms with Gasteiger partial charge in [0.15, 0.2) is 5.69 Å². The molecule has 15 heteroatoms. The highest BCUT2D eigenvalue weighted by Gasteiger charge is 2.34. The molecule has 1 aliphatic heterocycles. The average Bonchev–Trinajstić information content (AvgIpc) is 3.50. The molecule has 3 aromatic heterocycles. The summed E-state index contributed by atoms with van der Waals surface area (Å²) in [5.74, 6) is -1.42. The zero-order valence-corrected chi connectivity index (χ0v) is 24.2. The summed E-state index contributed by atoms with van der Waals surface area (Å²) in [6, 6.07) is 4.98. The van der Waals surface area contributed by atoms with E-state index in [1.807, 2.05) is 0 Å². The first-order chi connectivity index (χ1) is 21.0. The first-order valence-electron chi connectivity index (χ1n) is 13.7. The van der Waals surface area contributed by atoms with E-state index >= 15 is 0 Å². The van der Waals surface area contributed by atoms with Crippen molar-refractivity contribution in [3.8, 4) is 21.7 Å². The fourth-order valence-corrected chi connectivity index (χ4v) is 6.15. The second kappa shape index (κ2) is 12.7. The molecule has 1 aliphatic rings. The first-order valence-corrected chi connectivity index (χ1v) is 14.6. The molecule has 5 rings (SSSR count). The summed E-state index contributed by atoms with van der Waals surface area (Å²) >= 11 is 0.746. The van der Waals surface area contributed by atoms with E-state index in [1.54, 1.807) is 23.6 Å². The molecule has 2 amide bonds. The standard InChI is InChI=1S/C29H28F3N5O6S/c1-2-33-28(42)36-24-10-17(26-35-23(14-44-26)29(30,31)32)19(11-34-24)16-3-4-21-18(9-16)25(39)20(27(40)41)12-37(21)22(13-38)15-5-7-43-8-6-15/h3-4,9-12,14-15,22,38H,2,5-8,13H2,1H3,(H,40,41)(H2,33,34,36,42). The van der Waals surface area contributed by atoms with Crippen LogP contribution in [0.2, 0.25) is 0 Å². The SMILES string of the molecule is CCNC(=O)Nc1cc(-c2nc(C(F)(F)F)cs2)c(-c2ccc3c(c2)c(=O)c(C(=O)O)cn3C(CO)C2CCOCC2)cn1. The summed E-state index contributed by atoms with van der Waals surface area (Å²) in [6.07, 6.45) is -0.826. The van der Waals surface area contributed by atoms with E-state index in [4.69, 9.17) is 4.74 Å². The number of nitrogens with one attached hydrogen (secondary N) is 2. The topological polar surface area (TPSA) is 156 Å². The number of fused-ring (bicyclic) bond motifs is 1. The van der Waals surface area contributed by atoms with Crippen molar-refractivity contribution in [2.75, 3.05) is 31.7 Å². The molecule has 1 saturated heterocycles. The van der Waals surface area contributed by atoms with Crippen LogP contribution in [-0.2, 0) is 10.9 Å². The van der Waals surface area contributed by atoms with Crippen LogP contribution < -0.4 is 16.1 Å². The maximum atomic E-state index is 13.4. The number of ether oxygens (including phenoxy) is 1. The normalized spacial score (nSPS) is 14.8. The van der Waals surface area contributed by atoms with Gasteiger partial charge in [-0.25, -0.2) is 19.6 Å². The zero-order chi connectivity index (χ0) is 31.6. The van der Waals surface area contributed by atoms with E-state index < -0.39 is 40.9 Å². The summed E-state index contributed by atoms with van der Waals surface area (Å²) in [4.78, 5) is 45.7. The van der Waals surface area contributed by atoms with Gasteiger partial charge in [-0.05, 0) is 49.4 Å². The number of thiazole rings is 1. The highest BCUT2D eigenvalue weighted by atomic mass is 32.1. The number of carboxylic acid groups (broad SMARTS) is 1. The number of aromatic carboxylic acids is 1. The molecule has 0 saturated carbocycles. The van der Waals surface area contributed by atoms with Gasteiger partial charge in [0.05, 0.1) is 18.2 Å². The van der Waals surface area contributed by atoms with Gasteiger partial charge in [0.2, 0.25) is 5.43 Å². The number of benzene rings is 1. The molecule has 0 aliphatic carbocycles. The number of carboxylic acids is 1. The molecule has 4 heterocycles. The van der Waals surface area contributed by atoms with Gasteiger partial charge in [0, 0.05) is 54.0 Å². The Morgan fingerprint density at radius 2 is 1.95 bits per heavy atom. The summed E-state index contributed by atoms with van der Waals surface area (Å²) in [6.45, 7) is 2.72. The van der Waals surface area contributed by atoms with E-state index in [0.29, 0.717) is 49.2 Å². The number of nitrogens with zero attached hydrogens (tertiary/aromatic N) is 3. The minimum Gasteiger partial charge on any atom is -0.477 e. The number of amides is 2. The van der Waals surface area contributed by atoms with E-state index in [2.05, 4.69) is 20.6 Å². The Morgan fingerprint density at radius 1 is 1.20 bits per heavy atom. The van der Waals surface area contributed by atoms with Gasteiger partial charge in [-0.1, -0.05) is 6.07 Å². The summed E-state index contributed by atoms with van der Waals surface area (Å²) < 4.78 is 47.3. The minimum absolute atomic E-state index is 0.00895. The highest BCUT2D eigenvalue weighted by molar-refractivity contribution is 7.13. The number of aromatic nitrogens is 3. The quantitative estimate of drug-likeness (QED) is 0.212. The Morgan fingerprint density at radius 3 is 2.59 bits per heavy atom. The number of aliphatic hydroxyl groups excluding tert-OH is 1. The van der Waals surface area contributed by atoms with Gasteiger partial charge in [0.1, 0.15) is 16.4 Å². The van der Waals surface area contributed by atoms with Crippen molar-refractivity contribution in [3.63, 3.8) is 0 Å². The lowest BCUT2D eigenvalue weighted by molar-refractivity contribution is -0.140. The number of urea groups is 1. The van der Waals surface area contributed by atoms with Crippen LogP contribution in [0.15, 0.2) is 46.8 Å². The van der Waals surface area contributed by atoms with E-state index in [-0.39, 0.29) is 34.3 Å². The molecule has 1 unspecified atom stereocenters. The molecule has 1 atom stereocenters. The third-order valence-electron chi connectivity index (χ3n) is 7.44. The van der Waals surface area contributed by atoms with Crippen LogP contribution in [0.5, 0.6) is 0 Å². The summed E-state index contributed by atoms with van der Waals surface area (Å²) in [7, 11) is 0. The van der Waals surface area contributed by atoms with Crippen LogP contribution in [-0.4, -0.2) is 63.1 Å². The van der Waals surface area contributed by atoms with E-state index in [9.17, 15) is 37.8 Å². The number of rotatable bonds is 8. The maximum absolute atomic E-state index is 13.4. The van der Waals surface area contributed by atoms with Crippen LogP contribution in [0.3, 0.4) is 0 Å². The number of anilines is 1. The Hall–Kier alpha value is -4.34. The lowest BCUT2D eigenvalue weighted by Crippen LogP contribution is -2.30. The highest BCUT2D eigenvalue weighted by Crippen LogP contribution is 2.39. The van der Waals surface area contributed by atoms with Gasteiger partial charge in [0.25, 0.3) is 0 Å². The van der Waals surface area contributed by atoms with Gasteiger partial charge >= 0.3 is 18.2 Å². The predicted molar refractivity (Wildman–Crippen MR) is 157 cm³/mol. The van der Waals surface area contributed by atoms with Crippen molar-refractivity contribution in [2.24, 2.45) is 5.92 Å². The third-order valence-corrected chi connectivity index (χ3v) is 8.31.